The zero-order valence-corrected chi connectivity index (χ0v) is 15.4. The Morgan fingerprint density at radius 1 is 1.12 bits per heavy atom. The Labute approximate surface area is 150 Å². The van der Waals surface area contributed by atoms with E-state index in [2.05, 4.69) is 47.7 Å². The van der Waals surface area contributed by atoms with E-state index in [9.17, 15) is 0 Å². The molecule has 0 saturated carbocycles. The highest BCUT2D eigenvalue weighted by Gasteiger charge is 2.37. The standard InChI is InChI=1S/C19H26N2O2.ClH/c1-19(8-9-21-10-13-22-14-11-21)18-16(7-12-23-19)15-5-3-4-6-17(15)20(18)2;/h3-6H,7-14H2,1-2H3;1H. The first kappa shape index (κ1) is 17.7. The van der Waals surface area contributed by atoms with E-state index in [4.69, 9.17) is 9.47 Å². The fraction of sp³-hybridized carbons (Fsp3) is 0.579. The molecule has 1 atom stereocenters. The van der Waals surface area contributed by atoms with Crippen LogP contribution >= 0.6 is 12.4 Å². The predicted octanol–water partition coefficient (Wildman–Crippen LogP) is 3.11. The van der Waals surface area contributed by atoms with Crippen molar-refractivity contribution in [3.8, 4) is 0 Å². The predicted molar refractivity (Wildman–Crippen MR) is 99.1 cm³/mol. The van der Waals surface area contributed by atoms with Gasteiger partial charge in [-0.1, -0.05) is 18.2 Å². The fourth-order valence-electron chi connectivity index (χ4n) is 4.23. The maximum absolute atomic E-state index is 6.31. The topological polar surface area (TPSA) is 26.6 Å². The second-order valence-electron chi connectivity index (χ2n) is 6.94. The maximum Gasteiger partial charge on any atom is 0.107 e. The van der Waals surface area contributed by atoms with Crippen molar-refractivity contribution in [2.75, 3.05) is 39.5 Å². The van der Waals surface area contributed by atoms with Gasteiger partial charge < -0.3 is 14.0 Å². The van der Waals surface area contributed by atoms with Crippen molar-refractivity contribution in [1.82, 2.24) is 9.47 Å². The van der Waals surface area contributed by atoms with Crippen molar-refractivity contribution >= 4 is 23.3 Å². The number of halogens is 1. The second kappa shape index (κ2) is 7.04. The number of hydrogen-bond donors (Lipinski definition) is 0. The summed E-state index contributed by atoms with van der Waals surface area (Å²) in [4.78, 5) is 2.50. The second-order valence-corrected chi connectivity index (χ2v) is 6.94. The summed E-state index contributed by atoms with van der Waals surface area (Å²) in [7, 11) is 2.18. The van der Waals surface area contributed by atoms with Gasteiger partial charge in [0, 0.05) is 37.6 Å². The van der Waals surface area contributed by atoms with E-state index in [1.54, 1.807) is 0 Å². The van der Waals surface area contributed by atoms with E-state index in [1.165, 1.54) is 22.2 Å². The van der Waals surface area contributed by atoms with Crippen molar-refractivity contribution in [2.45, 2.75) is 25.4 Å². The first-order valence-corrected chi connectivity index (χ1v) is 8.70. The summed E-state index contributed by atoms with van der Waals surface area (Å²) in [5.41, 5.74) is 3.98. The zero-order chi connectivity index (χ0) is 15.9. The van der Waals surface area contributed by atoms with Crippen molar-refractivity contribution in [3.05, 3.63) is 35.5 Å². The molecule has 4 nitrogen and oxygen atoms in total. The van der Waals surface area contributed by atoms with Crippen molar-refractivity contribution in [2.24, 2.45) is 7.05 Å². The third-order valence-electron chi connectivity index (χ3n) is 5.49. The van der Waals surface area contributed by atoms with Gasteiger partial charge in [-0.15, -0.1) is 12.4 Å². The molecule has 1 aromatic heterocycles. The van der Waals surface area contributed by atoms with Crippen LogP contribution in [0.3, 0.4) is 0 Å². The minimum atomic E-state index is -0.195. The lowest BCUT2D eigenvalue weighted by atomic mass is 9.89. The van der Waals surface area contributed by atoms with Gasteiger partial charge >= 0.3 is 0 Å². The lowest BCUT2D eigenvalue weighted by molar-refractivity contribution is -0.0662. The van der Waals surface area contributed by atoms with E-state index in [-0.39, 0.29) is 18.0 Å². The Morgan fingerprint density at radius 3 is 2.67 bits per heavy atom. The number of ether oxygens (including phenoxy) is 2. The Balaban J connectivity index is 0.00000169. The van der Waals surface area contributed by atoms with E-state index in [0.29, 0.717) is 0 Å². The van der Waals surface area contributed by atoms with Gasteiger partial charge in [-0.05, 0) is 31.4 Å². The minimum absolute atomic E-state index is 0. The molecule has 0 radical (unpaired) electrons. The SMILES string of the molecule is Cl.Cn1c2c(c3ccccc31)CCOC2(C)CCN1CCOCC1. The van der Waals surface area contributed by atoms with Gasteiger partial charge in [0.15, 0.2) is 0 Å². The number of morpholine rings is 1. The van der Waals surface area contributed by atoms with Crippen LogP contribution in [0.15, 0.2) is 24.3 Å². The number of fused-ring (bicyclic) bond motifs is 3. The average Bonchev–Trinajstić information content (AvgIpc) is 2.89. The average molecular weight is 351 g/mol. The lowest BCUT2D eigenvalue weighted by Gasteiger charge is -2.37. The van der Waals surface area contributed by atoms with Crippen LogP contribution in [0, 0.1) is 0 Å². The van der Waals surface area contributed by atoms with Crippen LogP contribution in [0.25, 0.3) is 10.9 Å². The van der Waals surface area contributed by atoms with Crippen LogP contribution in [0.5, 0.6) is 0 Å². The van der Waals surface area contributed by atoms with Crippen LogP contribution in [-0.2, 0) is 28.5 Å². The van der Waals surface area contributed by atoms with E-state index >= 15 is 0 Å². The van der Waals surface area contributed by atoms with Gasteiger partial charge in [-0.25, -0.2) is 0 Å². The van der Waals surface area contributed by atoms with Crippen LogP contribution in [0.1, 0.15) is 24.6 Å². The van der Waals surface area contributed by atoms with Crippen LogP contribution in [0.2, 0.25) is 0 Å². The lowest BCUT2D eigenvalue weighted by Crippen LogP contribution is -2.42. The molecular formula is C19H27ClN2O2. The minimum Gasteiger partial charge on any atom is -0.379 e. The number of nitrogens with zero attached hydrogens (tertiary/aromatic N) is 2. The summed E-state index contributed by atoms with van der Waals surface area (Å²) in [5.74, 6) is 0. The quantitative estimate of drug-likeness (QED) is 0.851. The number of para-hydroxylation sites is 1. The Bertz CT molecular complexity index is 709. The van der Waals surface area contributed by atoms with Crippen LogP contribution < -0.4 is 0 Å². The molecular weight excluding hydrogens is 324 g/mol. The molecule has 0 amide bonds. The first-order valence-electron chi connectivity index (χ1n) is 8.70. The molecule has 24 heavy (non-hydrogen) atoms. The molecule has 2 aromatic rings. The Hall–Kier alpha value is -1.07. The number of hydrogen-bond acceptors (Lipinski definition) is 3. The van der Waals surface area contributed by atoms with E-state index < -0.39 is 0 Å². The summed E-state index contributed by atoms with van der Waals surface area (Å²) >= 11 is 0. The van der Waals surface area contributed by atoms with Gasteiger partial charge in [0.05, 0.1) is 25.5 Å². The summed E-state index contributed by atoms with van der Waals surface area (Å²) in [6.45, 7) is 7.95. The van der Waals surface area contributed by atoms with Gasteiger partial charge in [-0.3, -0.25) is 4.90 Å². The molecule has 5 heteroatoms. The number of aromatic nitrogens is 1. The van der Waals surface area contributed by atoms with Crippen LogP contribution in [0.4, 0.5) is 0 Å². The van der Waals surface area contributed by atoms with Gasteiger partial charge in [0.1, 0.15) is 5.60 Å². The molecule has 0 aliphatic carbocycles. The summed E-state index contributed by atoms with van der Waals surface area (Å²) in [6, 6.07) is 8.74. The Kier molecular flexibility index (Phi) is 5.21. The number of aryl methyl sites for hydroxylation is 1. The van der Waals surface area contributed by atoms with Gasteiger partial charge in [-0.2, -0.15) is 0 Å². The third-order valence-corrected chi connectivity index (χ3v) is 5.49. The highest BCUT2D eigenvalue weighted by molar-refractivity contribution is 5.86. The van der Waals surface area contributed by atoms with Gasteiger partial charge in [0.25, 0.3) is 0 Å². The molecule has 4 rings (SSSR count). The van der Waals surface area contributed by atoms with Crippen molar-refractivity contribution in [3.63, 3.8) is 0 Å². The molecule has 0 N–H and O–H groups in total. The van der Waals surface area contributed by atoms with Crippen molar-refractivity contribution in [1.29, 1.82) is 0 Å². The number of rotatable bonds is 3. The largest absolute Gasteiger partial charge is 0.379 e. The molecule has 1 fully saturated rings. The molecule has 1 saturated heterocycles. The normalized spacial score (nSPS) is 24.6. The summed E-state index contributed by atoms with van der Waals surface area (Å²) in [5, 5.41) is 1.39. The molecule has 132 valence electrons. The van der Waals surface area contributed by atoms with E-state index in [1.807, 2.05) is 0 Å². The smallest absolute Gasteiger partial charge is 0.107 e. The highest BCUT2D eigenvalue weighted by atomic mass is 35.5. The number of benzene rings is 1. The summed E-state index contributed by atoms with van der Waals surface area (Å²) < 4.78 is 14.1. The van der Waals surface area contributed by atoms with Crippen molar-refractivity contribution < 1.29 is 9.47 Å². The van der Waals surface area contributed by atoms with Gasteiger partial charge in [0.2, 0.25) is 0 Å². The molecule has 0 bridgehead atoms. The highest BCUT2D eigenvalue weighted by Crippen LogP contribution is 2.40. The molecule has 2 aliphatic rings. The first-order chi connectivity index (χ1) is 11.2. The van der Waals surface area contributed by atoms with Crippen LogP contribution in [-0.4, -0.2) is 48.9 Å². The maximum atomic E-state index is 6.31. The molecule has 2 aliphatic heterocycles. The molecule has 0 spiro atoms. The Morgan fingerprint density at radius 2 is 1.88 bits per heavy atom. The zero-order valence-electron chi connectivity index (χ0n) is 14.6. The summed E-state index contributed by atoms with van der Waals surface area (Å²) in [6.07, 6.45) is 2.05. The third kappa shape index (κ3) is 2.97. The monoisotopic (exact) mass is 350 g/mol. The molecule has 1 unspecified atom stereocenters. The fourth-order valence-corrected chi connectivity index (χ4v) is 4.23. The molecule has 3 heterocycles. The molecule has 1 aromatic carbocycles. The van der Waals surface area contributed by atoms with E-state index in [0.717, 1.165) is 52.3 Å².